The van der Waals surface area contributed by atoms with Crippen LogP contribution in [0.4, 0.5) is 0 Å². The predicted molar refractivity (Wildman–Crippen MR) is 56.9 cm³/mol. The fourth-order valence-electron chi connectivity index (χ4n) is 0.773. The lowest BCUT2D eigenvalue weighted by Crippen LogP contribution is -2.12. The van der Waals surface area contributed by atoms with Crippen LogP contribution >= 0.6 is 39.1 Å². The molecule has 3 nitrogen and oxygen atoms in total. The first-order chi connectivity index (χ1) is 6.54. The van der Waals surface area contributed by atoms with E-state index < -0.39 is 12.6 Å². The molecule has 0 unspecified atom stereocenters. The van der Waals surface area contributed by atoms with E-state index in [2.05, 4.69) is 15.9 Å². The van der Waals surface area contributed by atoms with Crippen LogP contribution in [0, 0.1) is 0 Å². The molecule has 0 saturated heterocycles. The molecule has 0 aromatic heterocycles. The molecule has 0 amide bonds. The Morgan fingerprint density at radius 3 is 2.36 bits per heavy atom. The van der Waals surface area contributed by atoms with Crippen molar-refractivity contribution in [3.8, 4) is 5.75 Å². The van der Waals surface area contributed by atoms with Crippen molar-refractivity contribution in [3.05, 3.63) is 26.7 Å². The molecule has 1 N–H and O–H groups in total. The molecule has 0 radical (unpaired) electrons. The number of carbonyl (C=O) groups excluding carboxylic acids is 1. The third-order valence-electron chi connectivity index (χ3n) is 1.31. The van der Waals surface area contributed by atoms with Crippen molar-refractivity contribution >= 4 is 45.1 Å². The molecule has 0 bridgehead atoms. The first-order valence-electron chi connectivity index (χ1n) is 3.50. The van der Waals surface area contributed by atoms with Gasteiger partial charge in [0.15, 0.2) is 5.75 Å². The topological polar surface area (TPSA) is 46.5 Å². The van der Waals surface area contributed by atoms with E-state index in [1.54, 1.807) is 0 Å². The summed E-state index contributed by atoms with van der Waals surface area (Å²) in [6, 6.07) is 3.07. The Balaban J connectivity index is 3.02. The number of hydrogen-bond acceptors (Lipinski definition) is 3. The normalized spacial score (nSPS) is 10.0. The maximum atomic E-state index is 10.8. The minimum absolute atomic E-state index is 0.0515. The summed E-state index contributed by atoms with van der Waals surface area (Å²) in [6.45, 7) is -0.720. The number of aliphatic hydroxyl groups excluding tert-OH is 1. The number of benzene rings is 1. The second-order valence-electron chi connectivity index (χ2n) is 2.33. The van der Waals surface area contributed by atoms with Gasteiger partial charge >= 0.3 is 5.97 Å². The van der Waals surface area contributed by atoms with Gasteiger partial charge in [-0.15, -0.1) is 0 Å². The molecule has 0 fully saturated rings. The molecule has 6 heteroatoms. The highest BCUT2D eigenvalue weighted by atomic mass is 79.9. The smallest absolute Gasteiger partial charge is 0.337 e. The second kappa shape index (κ2) is 4.98. The van der Waals surface area contributed by atoms with Crippen LogP contribution in [0.15, 0.2) is 16.6 Å². The largest absolute Gasteiger partial charge is 0.422 e. The van der Waals surface area contributed by atoms with Gasteiger partial charge in [-0.2, -0.15) is 0 Å². The molecular weight excluding hydrogens is 295 g/mol. The Morgan fingerprint density at radius 2 is 1.93 bits per heavy atom. The fourth-order valence-corrected chi connectivity index (χ4v) is 2.06. The van der Waals surface area contributed by atoms with Gasteiger partial charge in [-0.3, -0.25) is 0 Å². The van der Waals surface area contributed by atoms with E-state index in [0.29, 0.717) is 4.47 Å². The Labute approximate surface area is 98.7 Å². The first kappa shape index (κ1) is 11.8. The predicted octanol–water partition coefficient (Wildman–Crippen LogP) is 2.65. The summed E-state index contributed by atoms with van der Waals surface area (Å²) in [5.41, 5.74) is 0. The van der Waals surface area contributed by atoms with Crippen LogP contribution in [0.3, 0.4) is 0 Å². The quantitative estimate of drug-likeness (QED) is 0.674. The summed E-state index contributed by atoms with van der Waals surface area (Å²) in [5, 5.41) is 8.86. The lowest BCUT2D eigenvalue weighted by atomic mass is 10.3. The average molecular weight is 300 g/mol. The van der Waals surface area contributed by atoms with Gasteiger partial charge in [-0.1, -0.05) is 39.1 Å². The van der Waals surface area contributed by atoms with Crippen LogP contribution in [0.1, 0.15) is 0 Å². The van der Waals surface area contributed by atoms with Crippen LogP contribution in [-0.4, -0.2) is 17.7 Å². The van der Waals surface area contributed by atoms with Crippen molar-refractivity contribution in [1.82, 2.24) is 0 Å². The van der Waals surface area contributed by atoms with Gasteiger partial charge < -0.3 is 9.84 Å². The molecule has 0 heterocycles. The highest BCUT2D eigenvalue weighted by Gasteiger charge is 2.12. The van der Waals surface area contributed by atoms with Gasteiger partial charge in [-0.05, 0) is 12.1 Å². The SMILES string of the molecule is O=C(CO)Oc1c(Cl)cc(Br)cc1Cl. The molecule has 0 spiro atoms. The number of carbonyl (C=O) groups is 1. The van der Waals surface area contributed by atoms with Crippen LogP contribution in [-0.2, 0) is 4.79 Å². The number of hydrogen-bond donors (Lipinski definition) is 1. The lowest BCUT2D eigenvalue weighted by molar-refractivity contribution is -0.137. The molecular formula is C8H5BrCl2O3. The minimum atomic E-state index is -0.809. The molecule has 14 heavy (non-hydrogen) atoms. The summed E-state index contributed by atoms with van der Waals surface area (Å²) in [6.07, 6.45) is 0. The molecule has 0 saturated carbocycles. The number of rotatable bonds is 2. The second-order valence-corrected chi connectivity index (χ2v) is 4.06. The van der Waals surface area contributed by atoms with E-state index in [1.807, 2.05) is 0 Å². The van der Waals surface area contributed by atoms with Crippen molar-refractivity contribution in [3.63, 3.8) is 0 Å². The van der Waals surface area contributed by atoms with Crippen molar-refractivity contribution in [2.24, 2.45) is 0 Å². The summed E-state index contributed by atoms with van der Waals surface area (Å²) in [7, 11) is 0. The third kappa shape index (κ3) is 2.85. The van der Waals surface area contributed by atoms with Crippen LogP contribution in [0.2, 0.25) is 10.0 Å². The number of ether oxygens (including phenoxy) is 1. The van der Waals surface area contributed by atoms with Gasteiger partial charge in [0.25, 0.3) is 0 Å². The Hall–Kier alpha value is -0.290. The van der Waals surface area contributed by atoms with Gasteiger partial charge in [0, 0.05) is 4.47 Å². The molecule has 0 aliphatic heterocycles. The van der Waals surface area contributed by atoms with Crippen molar-refractivity contribution < 1.29 is 14.6 Å². The van der Waals surface area contributed by atoms with Gasteiger partial charge in [0.1, 0.15) is 6.61 Å². The van der Waals surface area contributed by atoms with Crippen molar-refractivity contribution in [1.29, 1.82) is 0 Å². The fraction of sp³-hybridized carbons (Fsp3) is 0.125. The summed E-state index contributed by atoms with van der Waals surface area (Å²) < 4.78 is 5.38. The highest BCUT2D eigenvalue weighted by Crippen LogP contribution is 2.35. The average Bonchev–Trinajstić information content (AvgIpc) is 2.10. The van der Waals surface area contributed by atoms with E-state index >= 15 is 0 Å². The molecule has 0 aliphatic rings. The molecule has 1 aromatic rings. The number of esters is 1. The van der Waals surface area contributed by atoms with Crippen molar-refractivity contribution in [2.45, 2.75) is 0 Å². The summed E-state index contributed by atoms with van der Waals surface area (Å²) in [5.74, 6) is -0.758. The molecule has 1 rings (SSSR count). The first-order valence-corrected chi connectivity index (χ1v) is 5.05. The molecule has 0 atom stereocenters. The highest BCUT2D eigenvalue weighted by molar-refractivity contribution is 9.10. The van der Waals surface area contributed by atoms with Crippen LogP contribution < -0.4 is 4.74 Å². The lowest BCUT2D eigenvalue weighted by Gasteiger charge is -2.07. The van der Waals surface area contributed by atoms with Crippen molar-refractivity contribution in [2.75, 3.05) is 6.61 Å². The molecule has 0 aliphatic carbocycles. The summed E-state index contributed by atoms with van der Waals surface area (Å²) >= 11 is 14.7. The molecule has 76 valence electrons. The zero-order chi connectivity index (χ0) is 10.7. The van der Waals surface area contributed by atoms with Gasteiger partial charge in [-0.25, -0.2) is 4.79 Å². The third-order valence-corrected chi connectivity index (χ3v) is 2.33. The van der Waals surface area contributed by atoms with E-state index in [-0.39, 0.29) is 15.8 Å². The van der Waals surface area contributed by atoms with Crippen LogP contribution in [0.5, 0.6) is 5.75 Å². The Bertz CT molecular complexity index is 345. The maximum Gasteiger partial charge on any atom is 0.337 e. The zero-order valence-electron chi connectivity index (χ0n) is 6.76. The van der Waals surface area contributed by atoms with E-state index in [4.69, 9.17) is 33.0 Å². The van der Waals surface area contributed by atoms with Gasteiger partial charge in [0.2, 0.25) is 0 Å². The maximum absolute atomic E-state index is 10.8. The van der Waals surface area contributed by atoms with E-state index in [9.17, 15) is 4.79 Å². The van der Waals surface area contributed by atoms with Crippen LogP contribution in [0.25, 0.3) is 0 Å². The van der Waals surface area contributed by atoms with E-state index in [1.165, 1.54) is 12.1 Å². The number of aliphatic hydroxyl groups is 1. The Kier molecular flexibility index (Phi) is 4.19. The van der Waals surface area contributed by atoms with Gasteiger partial charge in [0.05, 0.1) is 10.0 Å². The Morgan fingerprint density at radius 1 is 1.43 bits per heavy atom. The zero-order valence-corrected chi connectivity index (χ0v) is 9.86. The molecule has 1 aromatic carbocycles. The minimum Gasteiger partial charge on any atom is -0.422 e. The van der Waals surface area contributed by atoms with E-state index in [0.717, 1.165) is 0 Å². The standard InChI is InChI=1S/C8H5BrCl2O3/c9-4-1-5(10)8(6(11)2-4)14-7(13)3-12/h1-2,12H,3H2. The summed E-state index contributed by atoms with van der Waals surface area (Å²) in [4.78, 5) is 10.8. The number of halogens is 3. The monoisotopic (exact) mass is 298 g/mol.